The lowest BCUT2D eigenvalue weighted by molar-refractivity contribution is -0.132. The highest BCUT2D eigenvalue weighted by atomic mass is 16.6. The summed E-state index contributed by atoms with van der Waals surface area (Å²) in [4.78, 5) is 54.5. The van der Waals surface area contributed by atoms with Crippen molar-refractivity contribution in [2.75, 3.05) is 0 Å². The Morgan fingerprint density at radius 2 is 1.42 bits per heavy atom. The van der Waals surface area contributed by atoms with E-state index in [9.17, 15) is 19.2 Å². The molecule has 0 fully saturated rings. The maximum Gasteiger partial charge on any atom is 0.408 e. The van der Waals surface area contributed by atoms with E-state index in [-0.39, 0.29) is 18.3 Å². The number of nitrogens with one attached hydrogen (secondary N) is 4. The minimum atomic E-state index is -1.02. The predicted octanol–water partition coefficient (Wildman–Crippen LogP) is 3.15. The Hall–Kier alpha value is -3.56. The highest BCUT2D eigenvalue weighted by Gasteiger charge is 2.31. The molecule has 0 saturated carbocycles. The molecule has 10 nitrogen and oxygen atoms in total. The number of carbonyl (C=O) groups is 4. The van der Waals surface area contributed by atoms with Crippen molar-refractivity contribution in [3.8, 4) is 0 Å². The van der Waals surface area contributed by atoms with Crippen LogP contribution in [0.4, 0.5) is 4.79 Å². The van der Waals surface area contributed by atoms with Crippen LogP contribution in [-0.4, -0.2) is 52.5 Å². The molecule has 4 amide bonds. The Bertz CT molecular complexity index is 1120. The molecular formula is C28H43N5O5. The van der Waals surface area contributed by atoms with Gasteiger partial charge in [0.25, 0.3) is 0 Å². The van der Waals surface area contributed by atoms with E-state index in [0.717, 1.165) is 16.5 Å². The molecule has 1 heterocycles. The number of benzene rings is 1. The summed E-state index contributed by atoms with van der Waals surface area (Å²) in [5.74, 6) is -1.48. The van der Waals surface area contributed by atoms with Gasteiger partial charge in [-0.3, -0.25) is 14.4 Å². The maximum absolute atomic E-state index is 13.5. The van der Waals surface area contributed by atoms with Crippen LogP contribution in [0, 0.1) is 11.8 Å². The van der Waals surface area contributed by atoms with Gasteiger partial charge in [-0.1, -0.05) is 45.9 Å². The number of amides is 4. The van der Waals surface area contributed by atoms with Gasteiger partial charge < -0.3 is 31.4 Å². The van der Waals surface area contributed by atoms with Crippen molar-refractivity contribution in [2.24, 2.45) is 17.6 Å². The average Bonchev–Trinajstić information content (AvgIpc) is 3.18. The molecule has 0 spiro atoms. The smallest absolute Gasteiger partial charge is 0.408 e. The van der Waals surface area contributed by atoms with Crippen LogP contribution in [0.25, 0.3) is 10.9 Å². The minimum Gasteiger partial charge on any atom is -0.444 e. The molecule has 0 bridgehead atoms. The van der Waals surface area contributed by atoms with Gasteiger partial charge >= 0.3 is 6.09 Å². The van der Waals surface area contributed by atoms with Gasteiger partial charge in [0.2, 0.25) is 17.7 Å². The summed E-state index contributed by atoms with van der Waals surface area (Å²) in [6.45, 7) is 12.9. The fourth-order valence-corrected chi connectivity index (χ4v) is 4.14. The van der Waals surface area contributed by atoms with Crippen LogP contribution in [0.5, 0.6) is 0 Å². The SMILES string of the molecule is CC(C)C[C@H](NC(=O)[C@H](CC(C)C)NC(=O)[C@@H](Cc1c[nH]c2ccccc12)NC(=O)OC(C)(C)C)C(N)=O. The van der Waals surface area contributed by atoms with Crippen LogP contribution in [0.1, 0.15) is 66.9 Å². The third-order valence-corrected chi connectivity index (χ3v) is 5.81. The van der Waals surface area contributed by atoms with Crippen LogP contribution in [0.2, 0.25) is 0 Å². The van der Waals surface area contributed by atoms with Crippen molar-refractivity contribution in [3.05, 3.63) is 36.0 Å². The first-order valence-corrected chi connectivity index (χ1v) is 13.1. The monoisotopic (exact) mass is 529 g/mol. The molecule has 0 aliphatic heterocycles. The topological polar surface area (TPSA) is 155 Å². The average molecular weight is 530 g/mol. The van der Waals surface area contributed by atoms with Gasteiger partial charge in [-0.15, -0.1) is 0 Å². The molecular weight excluding hydrogens is 486 g/mol. The van der Waals surface area contributed by atoms with E-state index in [0.29, 0.717) is 12.8 Å². The third kappa shape index (κ3) is 9.72. The molecule has 2 rings (SSSR count). The number of alkyl carbamates (subject to hydrolysis) is 1. The van der Waals surface area contributed by atoms with Gasteiger partial charge in [-0.2, -0.15) is 0 Å². The number of rotatable bonds is 12. The van der Waals surface area contributed by atoms with Gasteiger partial charge in [0, 0.05) is 23.5 Å². The Labute approximate surface area is 224 Å². The van der Waals surface area contributed by atoms with Crippen molar-refractivity contribution in [2.45, 2.75) is 91.5 Å². The van der Waals surface area contributed by atoms with Crippen LogP contribution >= 0.6 is 0 Å². The second kappa shape index (κ2) is 13.3. The van der Waals surface area contributed by atoms with E-state index in [1.807, 2.05) is 52.0 Å². The zero-order valence-corrected chi connectivity index (χ0v) is 23.5. The number of fused-ring (bicyclic) bond motifs is 1. The quantitative estimate of drug-likeness (QED) is 0.286. The van der Waals surface area contributed by atoms with Gasteiger partial charge in [-0.05, 0) is 57.1 Å². The summed E-state index contributed by atoms with van der Waals surface area (Å²) in [7, 11) is 0. The number of ether oxygens (including phenoxy) is 1. The molecule has 6 N–H and O–H groups in total. The molecule has 0 radical (unpaired) electrons. The summed E-state index contributed by atoms with van der Waals surface area (Å²) in [5.41, 5.74) is 6.48. The molecule has 0 aliphatic carbocycles. The molecule has 1 aromatic heterocycles. The molecule has 1 aromatic carbocycles. The second-order valence-corrected chi connectivity index (χ2v) is 11.5. The van der Waals surface area contributed by atoms with Crippen LogP contribution in [0.3, 0.4) is 0 Å². The summed E-state index contributed by atoms with van der Waals surface area (Å²) < 4.78 is 5.39. The Balaban J connectivity index is 2.29. The van der Waals surface area contributed by atoms with Crippen molar-refractivity contribution in [1.29, 1.82) is 0 Å². The number of nitrogens with two attached hydrogens (primary N) is 1. The van der Waals surface area contributed by atoms with Gasteiger partial charge in [0.15, 0.2) is 0 Å². The molecule has 38 heavy (non-hydrogen) atoms. The van der Waals surface area contributed by atoms with Gasteiger partial charge in [0.05, 0.1) is 0 Å². The van der Waals surface area contributed by atoms with Crippen molar-refractivity contribution in [3.63, 3.8) is 0 Å². The van der Waals surface area contributed by atoms with Crippen LogP contribution in [-0.2, 0) is 25.5 Å². The van der Waals surface area contributed by atoms with E-state index >= 15 is 0 Å². The first-order valence-electron chi connectivity index (χ1n) is 13.1. The normalized spacial score (nSPS) is 14.1. The van der Waals surface area contributed by atoms with Crippen LogP contribution in [0.15, 0.2) is 30.5 Å². The summed E-state index contributed by atoms with van der Waals surface area (Å²) >= 11 is 0. The van der Waals surface area contributed by atoms with Crippen LogP contribution < -0.4 is 21.7 Å². The predicted molar refractivity (Wildman–Crippen MR) is 147 cm³/mol. The Kier molecular flexibility index (Phi) is 10.7. The van der Waals surface area contributed by atoms with E-state index in [1.165, 1.54) is 0 Å². The molecule has 2 aromatic rings. The van der Waals surface area contributed by atoms with E-state index < -0.39 is 47.5 Å². The Morgan fingerprint density at radius 3 is 2.00 bits per heavy atom. The third-order valence-electron chi connectivity index (χ3n) is 5.81. The first kappa shape index (κ1) is 30.7. The minimum absolute atomic E-state index is 0.0639. The Morgan fingerprint density at radius 1 is 0.868 bits per heavy atom. The largest absolute Gasteiger partial charge is 0.444 e. The molecule has 10 heteroatoms. The van der Waals surface area contributed by atoms with Gasteiger partial charge in [0.1, 0.15) is 23.7 Å². The molecule has 0 unspecified atom stereocenters. The highest BCUT2D eigenvalue weighted by Crippen LogP contribution is 2.20. The number of aromatic amines is 1. The lowest BCUT2D eigenvalue weighted by Crippen LogP contribution is -2.57. The number of hydrogen-bond acceptors (Lipinski definition) is 5. The van der Waals surface area contributed by atoms with E-state index in [4.69, 9.17) is 10.5 Å². The molecule has 0 aliphatic rings. The number of carbonyl (C=O) groups excluding carboxylic acids is 4. The van der Waals surface area contributed by atoms with Crippen molar-refractivity contribution in [1.82, 2.24) is 20.9 Å². The lowest BCUT2D eigenvalue weighted by atomic mass is 9.99. The maximum atomic E-state index is 13.5. The number of para-hydroxylation sites is 1. The highest BCUT2D eigenvalue weighted by molar-refractivity contribution is 5.94. The fraction of sp³-hybridized carbons (Fsp3) is 0.571. The summed E-state index contributed by atoms with van der Waals surface area (Å²) in [6.07, 6.45) is 1.93. The molecule has 210 valence electrons. The van der Waals surface area contributed by atoms with Crippen molar-refractivity contribution < 1.29 is 23.9 Å². The van der Waals surface area contributed by atoms with E-state index in [2.05, 4.69) is 20.9 Å². The lowest BCUT2D eigenvalue weighted by Gasteiger charge is -2.27. The zero-order chi connectivity index (χ0) is 28.6. The summed E-state index contributed by atoms with van der Waals surface area (Å²) in [6, 6.07) is 4.85. The number of primary amides is 1. The number of hydrogen-bond donors (Lipinski definition) is 5. The standard InChI is InChI=1S/C28H43N5O5/c1-16(2)12-21(24(29)34)31-25(35)22(13-17(3)4)32-26(36)23(33-27(37)38-28(5,6)7)14-18-15-30-20-11-9-8-10-19(18)20/h8-11,15-17,21-23,30H,12-14H2,1-7H3,(H2,29,34)(H,31,35)(H,32,36)(H,33,37)/t21-,22-,23+/m0/s1. The van der Waals surface area contributed by atoms with E-state index in [1.54, 1.807) is 27.0 Å². The fourth-order valence-electron chi connectivity index (χ4n) is 4.14. The second-order valence-electron chi connectivity index (χ2n) is 11.5. The molecule has 0 saturated heterocycles. The van der Waals surface area contributed by atoms with Crippen molar-refractivity contribution >= 4 is 34.7 Å². The zero-order valence-electron chi connectivity index (χ0n) is 23.5. The number of aromatic nitrogens is 1. The first-order chi connectivity index (χ1) is 17.7. The summed E-state index contributed by atoms with van der Waals surface area (Å²) in [5, 5.41) is 9.07. The number of H-pyrrole nitrogens is 1. The molecule has 3 atom stereocenters. The van der Waals surface area contributed by atoms with Gasteiger partial charge in [-0.25, -0.2) is 4.79 Å².